The van der Waals surface area contributed by atoms with Crippen LogP contribution in [0, 0.1) is 5.92 Å². The smallest absolute Gasteiger partial charge is 0.323 e. The summed E-state index contributed by atoms with van der Waals surface area (Å²) in [4.78, 5) is 18.4. The molecule has 2 fully saturated rings. The third-order valence-electron chi connectivity index (χ3n) is 4.88. The number of nitrogens with zero attached hydrogens (tertiary/aromatic N) is 2. The molecular formula is C16H20Cl2N2O2. The molecule has 0 aromatic carbocycles. The van der Waals surface area contributed by atoms with Gasteiger partial charge in [0.15, 0.2) is 0 Å². The van der Waals surface area contributed by atoms with E-state index in [-0.39, 0.29) is 12.0 Å². The second-order valence-electron chi connectivity index (χ2n) is 6.18. The topological polar surface area (TPSA) is 42.4 Å². The normalized spacial score (nSPS) is 28.4. The highest BCUT2D eigenvalue weighted by molar-refractivity contribution is 6.32. The summed E-state index contributed by atoms with van der Waals surface area (Å²) in [5.41, 5.74) is 0.991. The van der Waals surface area contributed by atoms with Crippen molar-refractivity contribution in [3.8, 4) is 0 Å². The van der Waals surface area contributed by atoms with Gasteiger partial charge < -0.3 is 4.74 Å². The molecule has 4 nitrogen and oxygen atoms in total. The van der Waals surface area contributed by atoms with Crippen molar-refractivity contribution in [3.05, 3.63) is 28.0 Å². The number of carbonyl (C=O) groups is 1. The Morgan fingerprint density at radius 1 is 1.32 bits per heavy atom. The summed E-state index contributed by atoms with van der Waals surface area (Å²) in [5.74, 6) is 0.450. The molecule has 0 radical (unpaired) electrons. The van der Waals surface area contributed by atoms with Gasteiger partial charge in [-0.05, 0) is 42.9 Å². The van der Waals surface area contributed by atoms with Crippen molar-refractivity contribution < 1.29 is 9.53 Å². The Morgan fingerprint density at radius 2 is 2.00 bits per heavy atom. The quantitative estimate of drug-likeness (QED) is 0.620. The third kappa shape index (κ3) is 3.24. The van der Waals surface area contributed by atoms with Crippen molar-refractivity contribution in [3.63, 3.8) is 0 Å². The van der Waals surface area contributed by atoms with Crippen LogP contribution in [-0.4, -0.2) is 35.0 Å². The van der Waals surface area contributed by atoms with Crippen LogP contribution < -0.4 is 0 Å². The number of likely N-dealkylation sites (tertiary alicyclic amines) is 1. The lowest BCUT2D eigenvalue weighted by Crippen LogP contribution is -2.42. The molecule has 0 spiro atoms. The average molecular weight is 343 g/mol. The molecule has 1 aromatic heterocycles. The molecule has 3 rings (SSSR count). The van der Waals surface area contributed by atoms with E-state index in [1.807, 2.05) is 12.1 Å². The first-order chi connectivity index (χ1) is 10.6. The maximum Gasteiger partial charge on any atom is 0.323 e. The molecule has 0 bridgehead atoms. The zero-order chi connectivity index (χ0) is 15.7. The zero-order valence-corrected chi connectivity index (χ0v) is 14.1. The minimum absolute atomic E-state index is 0.138. The van der Waals surface area contributed by atoms with Crippen molar-refractivity contribution >= 4 is 29.2 Å². The van der Waals surface area contributed by atoms with Crippen molar-refractivity contribution in [1.82, 2.24) is 9.88 Å². The molecule has 120 valence electrons. The maximum atomic E-state index is 12.2. The molecule has 0 N–H and O–H groups in total. The van der Waals surface area contributed by atoms with Crippen molar-refractivity contribution in [2.45, 2.75) is 50.7 Å². The van der Waals surface area contributed by atoms with Crippen LogP contribution in [-0.2, 0) is 16.1 Å². The van der Waals surface area contributed by atoms with Crippen LogP contribution in [0.3, 0.4) is 0 Å². The summed E-state index contributed by atoms with van der Waals surface area (Å²) in [7, 11) is 1.46. The molecule has 1 aliphatic heterocycles. The van der Waals surface area contributed by atoms with Gasteiger partial charge in [-0.15, -0.1) is 0 Å². The van der Waals surface area contributed by atoms with Crippen LogP contribution in [0.15, 0.2) is 12.1 Å². The Morgan fingerprint density at radius 3 is 2.68 bits per heavy atom. The van der Waals surface area contributed by atoms with Gasteiger partial charge >= 0.3 is 5.97 Å². The van der Waals surface area contributed by atoms with Gasteiger partial charge in [0.05, 0.1) is 7.11 Å². The number of hydrogen-bond donors (Lipinski definition) is 0. The zero-order valence-electron chi connectivity index (χ0n) is 12.6. The van der Waals surface area contributed by atoms with E-state index in [1.54, 1.807) is 0 Å². The number of esters is 1. The van der Waals surface area contributed by atoms with E-state index < -0.39 is 0 Å². The number of aromatic nitrogens is 1. The standard InChI is InChI=1S/C16H20Cl2N2O2/c1-22-16(21)13-8-11-4-2-3-5-12(11)20(13)9-10-6-14(17)19-15(18)7-10/h6-7,11-13H,2-5,8-9H2,1H3/t11-,12+,13+/m1/s1. The first-order valence-corrected chi connectivity index (χ1v) is 8.49. The van der Waals surface area contributed by atoms with E-state index in [0.717, 1.165) is 18.4 Å². The summed E-state index contributed by atoms with van der Waals surface area (Å²) >= 11 is 12.0. The highest BCUT2D eigenvalue weighted by Gasteiger charge is 2.45. The number of methoxy groups -OCH3 is 1. The first-order valence-electron chi connectivity index (χ1n) is 7.74. The molecule has 3 atom stereocenters. The van der Waals surface area contributed by atoms with Crippen LogP contribution in [0.25, 0.3) is 0 Å². The van der Waals surface area contributed by atoms with E-state index >= 15 is 0 Å². The average Bonchev–Trinajstić information content (AvgIpc) is 2.84. The van der Waals surface area contributed by atoms with E-state index in [2.05, 4.69) is 9.88 Å². The van der Waals surface area contributed by atoms with Gasteiger partial charge in [0.1, 0.15) is 16.3 Å². The van der Waals surface area contributed by atoms with Crippen molar-refractivity contribution in [2.24, 2.45) is 5.92 Å². The third-order valence-corrected chi connectivity index (χ3v) is 5.27. The summed E-state index contributed by atoms with van der Waals surface area (Å²) in [6.45, 7) is 0.656. The Bertz CT molecular complexity index is 547. The highest BCUT2D eigenvalue weighted by atomic mass is 35.5. The van der Waals surface area contributed by atoms with E-state index in [1.165, 1.54) is 26.4 Å². The predicted octanol–water partition coefficient (Wildman–Crippen LogP) is 3.69. The van der Waals surface area contributed by atoms with E-state index in [9.17, 15) is 4.79 Å². The summed E-state index contributed by atoms with van der Waals surface area (Å²) in [6, 6.07) is 3.92. The minimum atomic E-state index is -0.163. The summed E-state index contributed by atoms with van der Waals surface area (Å²) in [6.07, 6.45) is 5.72. The number of ether oxygens (including phenoxy) is 1. The molecule has 2 aliphatic rings. The molecule has 1 saturated carbocycles. The number of rotatable bonds is 3. The number of carbonyl (C=O) groups excluding carboxylic acids is 1. The van der Waals surface area contributed by atoms with E-state index in [4.69, 9.17) is 27.9 Å². The monoisotopic (exact) mass is 342 g/mol. The Hall–Kier alpha value is -0.840. The number of hydrogen-bond acceptors (Lipinski definition) is 4. The first kappa shape index (κ1) is 16.0. The molecule has 2 heterocycles. The summed E-state index contributed by atoms with van der Waals surface area (Å²) in [5, 5.41) is 0.771. The van der Waals surface area contributed by atoms with Gasteiger partial charge in [-0.2, -0.15) is 0 Å². The largest absolute Gasteiger partial charge is 0.468 e. The fraction of sp³-hybridized carbons (Fsp3) is 0.625. The fourth-order valence-electron chi connectivity index (χ4n) is 3.96. The Labute approximate surface area is 140 Å². The molecule has 0 amide bonds. The number of halogens is 2. The van der Waals surface area contributed by atoms with Crippen LogP contribution in [0.5, 0.6) is 0 Å². The molecule has 1 aromatic rings. The van der Waals surface area contributed by atoms with Gasteiger partial charge in [0, 0.05) is 12.6 Å². The second kappa shape index (κ2) is 6.73. The van der Waals surface area contributed by atoms with Gasteiger partial charge in [-0.1, -0.05) is 36.0 Å². The van der Waals surface area contributed by atoms with E-state index in [0.29, 0.717) is 28.8 Å². The maximum absolute atomic E-state index is 12.2. The second-order valence-corrected chi connectivity index (χ2v) is 6.95. The minimum Gasteiger partial charge on any atom is -0.468 e. The lowest BCUT2D eigenvalue weighted by atomic mass is 9.84. The Kier molecular flexibility index (Phi) is 4.91. The van der Waals surface area contributed by atoms with Gasteiger partial charge in [-0.3, -0.25) is 9.69 Å². The van der Waals surface area contributed by atoms with Crippen LogP contribution in [0.2, 0.25) is 10.3 Å². The lowest BCUT2D eigenvalue weighted by Gasteiger charge is -2.33. The molecule has 1 aliphatic carbocycles. The van der Waals surface area contributed by atoms with Gasteiger partial charge in [0.25, 0.3) is 0 Å². The molecular weight excluding hydrogens is 323 g/mol. The van der Waals surface area contributed by atoms with Crippen molar-refractivity contribution in [2.75, 3.05) is 7.11 Å². The lowest BCUT2D eigenvalue weighted by molar-refractivity contribution is -0.146. The van der Waals surface area contributed by atoms with Crippen LogP contribution in [0.1, 0.15) is 37.7 Å². The van der Waals surface area contributed by atoms with Gasteiger partial charge in [0.2, 0.25) is 0 Å². The molecule has 1 saturated heterocycles. The number of pyridine rings is 1. The van der Waals surface area contributed by atoms with Gasteiger partial charge in [-0.25, -0.2) is 4.98 Å². The molecule has 0 unspecified atom stereocenters. The van der Waals surface area contributed by atoms with Crippen LogP contribution in [0.4, 0.5) is 0 Å². The number of fused-ring (bicyclic) bond motifs is 1. The summed E-state index contributed by atoms with van der Waals surface area (Å²) < 4.78 is 5.01. The molecule has 22 heavy (non-hydrogen) atoms. The molecule has 6 heteroatoms. The fourth-order valence-corrected chi connectivity index (χ4v) is 4.47. The highest BCUT2D eigenvalue weighted by Crippen LogP contribution is 2.41. The van der Waals surface area contributed by atoms with Crippen molar-refractivity contribution in [1.29, 1.82) is 0 Å². The predicted molar refractivity (Wildman–Crippen MR) is 86.0 cm³/mol. The SMILES string of the molecule is COC(=O)[C@@H]1C[C@H]2CCCC[C@@H]2N1Cc1cc(Cl)nc(Cl)c1. The van der Waals surface area contributed by atoms with Crippen LogP contribution >= 0.6 is 23.2 Å². The Balaban J connectivity index is 1.84.